The van der Waals surface area contributed by atoms with E-state index in [2.05, 4.69) is 21.3 Å². The molecule has 0 radical (unpaired) electrons. The van der Waals surface area contributed by atoms with Crippen LogP contribution in [0.5, 0.6) is 0 Å². The van der Waals surface area contributed by atoms with Gasteiger partial charge in [0, 0.05) is 32.0 Å². The molecule has 4 heteroatoms. The summed E-state index contributed by atoms with van der Waals surface area (Å²) in [4.78, 5) is 18.8. The molecule has 2 aliphatic heterocycles. The van der Waals surface area contributed by atoms with Gasteiger partial charge in [-0.1, -0.05) is 6.07 Å². The van der Waals surface area contributed by atoms with Crippen LogP contribution in [0.2, 0.25) is 0 Å². The van der Waals surface area contributed by atoms with Crippen LogP contribution in [0.15, 0.2) is 24.5 Å². The topological polar surface area (TPSA) is 45.2 Å². The Balaban J connectivity index is 1.47. The summed E-state index contributed by atoms with van der Waals surface area (Å²) >= 11 is 0. The molecular weight excluding hydrogens is 262 g/mol. The average Bonchev–Trinajstić information content (AvgIpc) is 2.57. The van der Waals surface area contributed by atoms with Gasteiger partial charge in [-0.15, -0.1) is 0 Å². The van der Waals surface area contributed by atoms with Crippen LogP contribution in [0.4, 0.5) is 0 Å². The van der Waals surface area contributed by atoms with Crippen molar-refractivity contribution in [3.63, 3.8) is 0 Å². The molecule has 4 nitrogen and oxygen atoms in total. The molecule has 21 heavy (non-hydrogen) atoms. The third kappa shape index (κ3) is 3.82. The molecule has 0 aromatic carbocycles. The predicted molar refractivity (Wildman–Crippen MR) is 82.8 cm³/mol. The molecular formula is C17H25N3O. The second-order valence-electron chi connectivity index (χ2n) is 6.38. The van der Waals surface area contributed by atoms with Crippen molar-refractivity contribution in [2.75, 3.05) is 26.2 Å². The maximum atomic E-state index is 12.5. The van der Waals surface area contributed by atoms with Gasteiger partial charge >= 0.3 is 0 Å². The number of aromatic nitrogens is 1. The number of rotatable bonds is 3. The van der Waals surface area contributed by atoms with Crippen LogP contribution in [-0.4, -0.2) is 42.0 Å². The highest BCUT2D eigenvalue weighted by molar-refractivity contribution is 5.79. The fourth-order valence-electron chi connectivity index (χ4n) is 3.53. The van der Waals surface area contributed by atoms with Gasteiger partial charge in [0.15, 0.2) is 0 Å². The number of hydrogen-bond acceptors (Lipinski definition) is 3. The average molecular weight is 287 g/mol. The van der Waals surface area contributed by atoms with E-state index in [0.717, 1.165) is 58.3 Å². The molecule has 0 unspecified atom stereocenters. The monoisotopic (exact) mass is 287 g/mol. The van der Waals surface area contributed by atoms with Crippen molar-refractivity contribution in [1.29, 1.82) is 0 Å². The lowest BCUT2D eigenvalue weighted by atomic mass is 9.89. The van der Waals surface area contributed by atoms with Gasteiger partial charge in [0.1, 0.15) is 0 Å². The standard InChI is InChI=1S/C17H25N3O/c21-17(16-4-2-8-19-13-16)20-9-5-14(6-10-20)11-15-3-1-7-18-12-15/h1,3,7,12,14,16,19H,2,4-6,8-11,13H2/t16-/m0/s1. The van der Waals surface area contributed by atoms with E-state index in [1.807, 2.05) is 18.5 Å². The zero-order valence-electron chi connectivity index (χ0n) is 12.6. The van der Waals surface area contributed by atoms with Crippen molar-refractivity contribution in [3.05, 3.63) is 30.1 Å². The largest absolute Gasteiger partial charge is 0.342 e. The summed E-state index contributed by atoms with van der Waals surface area (Å²) in [7, 11) is 0. The molecule has 2 saturated heterocycles. The maximum absolute atomic E-state index is 12.5. The molecule has 1 N–H and O–H groups in total. The lowest BCUT2D eigenvalue weighted by Crippen LogP contribution is -2.46. The Morgan fingerprint density at radius 3 is 2.86 bits per heavy atom. The fourth-order valence-corrected chi connectivity index (χ4v) is 3.53. The van der Waals surface area contributed by atoms with Gasteiger partial charge < -0.3 is 10.2 Å². The van der Waals surface area contributed by atoms with Gasteiger partial charge in [-0.2, -0.15) is 0 Å². The highest BCUT2D eigenvalue weighted by atomic mass is 16.2. The van der Waals surface area contributed by atoms with Crippen LogP contribution >= 0.6 is 0 Å². The first-order valence-corrected chi connectivity index (χ1v) is 8.21. The van der Waals surface area contributed by atoms with Crippen molar-refractivity contribution < 1.29 is 4.79 Å². The summed E-state index contributed by atoms with van der Waals surface area (Å²) < 4.78 is 0. The van der Waals surface area contributed by atoms with Gasteiger partial charge in [0.2, 0.25) is 5.91 Å². The fraction of sp³-hybridized carbons (Fsp3) is 0.647. The van der Waals surface area contributed by atoms with E-state index in [0.29, 0.717) is 11.8 Å². The first-order chi connectivity index (χ1) is 10.3. The molecule has 3 rings (SSSR count). The second kappa shape index (κ2) is 7.03. The van der Waals surface area contributed by atoms with Crippen LogP contribution in [0, 0.1) is 11.8 Å². The third-order valence-electron chi connectivity index (χ3n) is 4.82. The first-order valence-electron chi connectivity index (χ1n) is 8.21. The Morgan fingerprint density at radius 1 is 1.33 bits per heavy atom. The number of carbonyl (C=O) groups is 1. The summed E-state index contributed by atoms with van der Waals surface area (Å²) in [5.41, 5.74) is 1.32. The van der Waals surface area contributed by atoms with E-state index in [-0.39, 0.29) is 5.92 Å². The number of amides is 1. The lowest BCUT2D eigenvalue weighted by molar-refractivity contribution is -0.137. The van der Waals surface area contributed by atoms with Gasteiger partial charge in [-0.05, 0) is 56.2 Å². The van der Waals surface area contributed by atoms with E-state index in [4.69, 9.17) is 0 Å². The SMILES string of the molecule is O=C([C@H]1CCCNC1)N1CCC(Cc2cccnc2)CC1. The Hall–Kier alpha value is -1.42. The van der Waals surface area contributed by atoms with E-state index in [1.54, 1.807) is 0 Å². The van der Waals surface area contributed by atoms with Crippen LogP contribution in [-0.2, 0) is 11.2 Å². The Morgan fingerprint density at radius 2 is 2.19 bits per heavy atom. The van der Waals surface area contributed by atoms with E-state index in [9.17, 15) is 4.79 Å². The Labute approximate surface area is 126 Å². The lowest BCUT2D eigenvalue weighted by Gasteiger charge is -2.35. The zero-order chi connectivity index (χ0) is 14.5. The van der Waals surface area contributed by atoms with Crippen LogP contribution in [0.1, 0.15) is 31.2 Å². The number of hydrogen-bond donors (Lipinski definition) is 1. The molecule has 2 aliphatic rings. The molecule has 1 amide bonds. The molecule has 2 fully saturated rings. The van der Waals surface area contributed by atoms with E-state index in [1.165, 1.54) is 5.56 Å². The molecule has 114 valence electrons. The number of carbonyl (C=O) groups excluding carboxylic acids is 1. The predicted octanol–water partition coefficient (Wildman–Crippen LogP) is 1.86. The highest BCUT2D eigenvalue weighted by Gasteiger charge is 2.29. The maximum Gasteiger partial charge on any atom is 0.226 e. The molecule has 0 saturated carbocycles. The van der Waals surface area contributed by atoms with Gasteiger partial charge in [-0.3, -0.25) is 9.78 Å². The zero-order valence-corrected chi connectivity index (χ0v) is 12.6. The van der Waals surface area contributed by atoms with Gasteiger partial charge in [0.25, 0.3) is 0 Å². The Bertz CT molecular complexity index is 448. The minimum Gasteiger partial charge on any atom is -0.342 e. The second-order valence-corrected chi connectivity index (χ2v) is 6.38. The third-order valence-corrected chi connectivity index (χ3v) is 4.82. The number of nitrogens with zero attached hydrogens (tertiary/aromatic N) is 2. The highest BCUT2D eigenvalue weighted by Crippen LogP contribution is 2.23. The summed E-state index contributed by atoms with van der Waals surface area (Å²) in [6, 6.07) is 4.16. The summed E-state index contributed by atoms with van der Waals surface area (Å²) in [5, 5.41) is 3.34. The summed E-state index contributed by atoms with van der Waals surface area (Å²) in [6.45, 7) is 3.80. The van der Waals surface area contributed by atoms with Crippen molar-refractivity contribution in [2.24, 2.45) is 11.8 Å². The molecule has 0 aliphatic carbocycles. The van der Waals surface area contributed by atoms with Crippen LogP contribution < -0.4 is 5.32 Å². The normalized spacial score (nSPS) is 24.0. The van der Waals surface area contributed by atoms with Crippen molar-refractivity contribution in [2.45, 2.75) is 32.1 Å². The number of nitrogens with one attached hydrogen (secondary N) is 1. The molecule has 0 spiro atoms. The molecule has 1 aromatic heterocycles. The molecule has 1 aromatic rings. The van der Waals surface area contributed by atoms with Crippen LogP contribution in [0.25, 0.3) is 0 Å². The van der Waals surface area contributed by atoms with Crippen LogP contribution in [0.3, 0.4) is 0 Å². The minimum atomic E-state index is 0.216. The number of likely N-dealkylation sites (tertiary alicyclic amines) is 1. The molecule has 1 atom stereocenters. The van der Waals surface area contributed by atoms with Crippen molar-refractivity contribution in [1.82, 2.24) is 15.2 Å². The minimum absolute atomic E-state index is 0.216. The molecule has 0 bridgehead atoms. The first kappa shape index (κ1) is 14.5. The van der Waals surface area contributed by atoms with Crippen molar-refractivity contribution in [3.8, 4) is 0 Å². The molecule has 3 heterocycles. The summed E-state index contributed by atoms with van der Waals surface area (Å²) in [6.07, 6.45) is 9.33. The van der Waals surface area contributed by atoms with Crippen molar-refractivity contribution >= 4 is 5.91 Å². The van der Waals surface area contributed by atoms with Gasteiger partial charge in [0.05, 0.1) is 5.92 Å². The summed E-state index contributed by atoms with van der Waals surface area (Å²) in [5.74, 6) is 1.29. The quantitative estimate of drug-likeness (QED) is 0.923. The van der Waals surface area contributed by atoms with E-state index >= 15 is 0 Å². The Kier molecular flexibility index (Phi) is 4.86. The number of pyridine rings is 1. The van der Waals surface area contributed by atoms with E-state index < -0.39 is 0 Å². The number of piperidine rings is 2. The smallest absolute Gasteiger partial charge is 0.226 e. The van der Waals surface area contributed by atoms with Gasteiger partial charge in [-0.25, -0.2) is 0 Å².